The number of primary amides is 1. The van der Waals surface area contributed by atoms with E-state index < -0.39 is 26.6 Å². The first-order chi connectivity index (χ1) is 10.3. The van der Waals surface area contributed by atoms with Gasteiger partial charge in [-0.2, -0.15) is 0 Å². The van der Waals surface area contributed by atoms with Gasteiger partial charge >= 0.3 is 0 Å². The van der Waals surface area contributed by atoms with Crippen LogP contribution >= 0.6 is 11.6 Å². The molecule has 1 aromatic rings. The number of anilines is 1. The summed E-state index contributed by atoms with van der Waals surface area (Å²) in [5, 5.41) is -1.08. The number of benzene rings is 1. The molecular weight excluding hydrogens is 328 g/mol. The van der Waals surface area contributed by atoms with Crippen molar-refractivity contribution in [3.63, 3.8) is 0 Å². The number of hydrogen-bond donors (Lipinski definition) is 2. The fourth-order valence-corrected chi connectivity index (χ4v) is 4.88. The Kier molecular flexibility index (Phi) is 5.18. The average molecular weight is 347 g/mol. The highest BCUT2D eigenvalue weighted by molar-refractivity contribution is 7.93. The molecule has 0 unspecified atom stereocenters. The third-order valence-corrected chi connectivity index (χ3v) is 6.29. The Labute approximate surface area is 135 Å². The molecule has 6 nitrogen and oxygen atoms in total. The van der Waals surface area contributed by atoms with Crippen molar-refractivity contribution in [2.75, 3.05) is 11.8 Å². The summed E-state index contributed by atoms with van der Waals surface area (Å²) in [5.41, 5.74) is 5.61. The standard InChI is InChI=1S/C14H19ClN2O4S/c1-21-12-7-6-9(14(16)18)8-11(12)17-22(19,20)13-5-3-2-4-10(13)15/h6-8,10,13,17H,2-5H2,1H3,(H2,16,18)/t10-,13-/m0/s1. The molecule has 0 saturated heterocycles. The fourth-order valence-electron chi connectivity index (χ4n) is 2.57. The smallest absolute Gasteiger partial charge is 0.248 e. The Hall–Kier alpha value is -1.47. The van der Waals surface area contributed by atoms with Crippen LogP contribution in [0, 0.1) is 0 Å². The Morgan fingerprint density at radius 1 is 1.36 bits per heavy atom. The highest BCUT2D eigenvalue weighted by atomic mass is 35.5. The average Bonchev–Trinajstić information content (AvgIpc) is 2.47. The van der Waals surface area contributed by atoms with Gasteiger partial charge in [-0.3, -0.25) is 9.52 Å². The van der Waals surface area contributed by atoms with Crippen LogP contribution in [0.25, 0.3) is 0 Å². The Morgan fingerprint density at radius 2 is 2.05 bits per heavy atom. The van der Waals surface area contributed by atoms with Crippen molar-refractivity contribution < 1.29 is 17.9 Å². The maximum Gasteiger partial charge on any atom is 0.248 e. The molecule has 3 N–H and O–H groups in total. The number of ether oxygens (including phenoxy) is 1. The molecule has 0 aliphatic heterocycles. The SMILES string of the molecule is COc1ccc(C(N)=O)cc1NS(=O)(=O)[C@H]1CCCC[C@@H]1Cl. The van der Waals surface area contributed by atoms with Gasteiger partial charge < -0.3 is 10.5 Å². The number of nitrogens with one attached hydrogen (secondary N) is 1. The lowest BCUT2D eigenvalue weighted by molar-refractivity contribution is 0.100. The molecule has 2 rings (SSSR count). The molecule has 0 bridgehead atoms. The van der Waals surface area contributed by atoms with Crippen molar-refractivity contribution in [3.05, 3.63) is 23.8 Å². The predicted molar refractivity (Wildman–Crippen MR) is 86.0 cm³/mol. The summed E-state index contributed by atoms with van der Waals surface area (Å²) in [5.74, 6) is -0.327. The minimum atomic E-state index is -3.67. The molecule has 22 heavy (non-hydrogen) atoms. The number of methoxy groups -OCH3 is 1. The Bertz CT molecular complexity index is 663. The molecule has 1 aliphatic rings. The van der Waals surface area contributed by atoms with Crippen LogP contribution in [0.2, 0.25) is 0 Å². The zero-order chi connectivity index (χ0) is 16.3. The number of rotatable bonds is 5. The van der Waals surface area contributed by atoms with Crippen molar-refractivity contribution in [1.82, 2.24) is 0 Å². The molecule has 122 valence electrons. The summed E-state index contributed by atoms with van der Waals surface area (Å²) in [4.78, 5) is 11.3. The number of amides is 1. The zero-order valence-electron chi connectivity index (χ0n) is 12.2. The summed E-state index contributed by atoms with van der Waals surface area (Å²) in [6, 6.07) is 4.34. The molecule has 0 spiro atoms. The first kappa shape index (κ1) is 16.9. The molecule has 1 fully saturated rings. The van der Waals surface area contributed by atoms with Gasteiger partial charge in [-0.15, -0.1) is 11.6 Å². The molecule has 1 aromatic carbocycles. The van der Waals surface area contributed by atoms with Crippen molar-refractivity contribution in [2.45, 2.75) is 36.3 Å². The number of hydrogen-bond acceptors (Lipinski definition) is 4. The molecule has 1 amide bonds. The maximum absolute atomic E-state index is 12.5. The molecule has 0 radical (unpaired) electrons. The molecule has 0 heterocycles. The summed E-state index contributed by atoms with van der Waals surface area (Å²) in [6.45, 7) is 0. The number of alkyl halides is 1. The van der Waals surface area contributed by atoms with Gasteiger partial charge in [0.15, 0.2) is 0 Å². The lowest BCUT2D eigenvalue weighted by Crippen LogP contribution is -2.37. The molecule has 0 aromatic heterocycles. The number of sulfonamides is 1. The van der Waals surface area contributed by atoms with Crippen LogP contribution in [-0.2, 0) is 10.0 Å². The van der Waals surface area contributed by atoms with E-state index >= 15 is 0 Å². The maximum atomic E-state index is 12.5. The van der Waals surface area contributed by atoms with Crippen LogP contribution in [0.15, 0.2) is 18.2 Å². The van der Waals surface area contributed by atoms with Crippen LogP contribution in [0.3, 0.4) is 0 Å². The quantitative estimate of drug-likeness (QED) is 0.797. The zero-order valence-corrected chi connectivity index (χ0v) is 13.8. The van der Waals surface area contributed by atoms with Gasteiger partial charge in [0.1, 0.15) is 5.75 Å². The Balaban J connectivity index is 2.31. The topological polar surface area (TPSA) is 98.5 Å². The van der Waals surface area contributed by atoms with Crippen molar-refractivity contribution in [2.24, 2.45) is 5.73 Å². The lowest BCUT2D eigenvalue weighted by Gasteiger charge is -2.27. The first-order valence-corrected chi connectivity index (χ1v) is 8.97. The van der Waals surface area contributed by atoms with Gasteiger partial charge in [0, 0.05) is 5.56 Å². The number of carbonyl (C=O) groups excluding carboxylic acids is 1. The normalized spacial score (nSPS) is 22.1. The van der Waals surface area contributed by atoms with E-state index in [2.05, 4.69) is 4.72 Å². The first-order valence-electron chi connectivity index (χ1n) is 6.98. The molecular formula is C14H19ClN2O4S. The number of carbonyl (C=O) groups is 1. The second-order valence-electron chi connectivity index (χ2n) is 5.27. The fraction of sp³-hybridized carbons (Fsp3) is 0.500. The molecule has 1 saturated carbocycles. The van der Waals surface area contributed by atoms with E-state index in [9.17, 15) is 13.2 Å². The second kappa shape index (κ2) is 6.75. The molecule has 2 atom stereocenters. The molecule has 8 heteroatoms. The lowest BCUT2D eigenvalue weighted by atomic mass is 10.00. The second-order valence-corrected chi connectivity index (χ2v) is 7.73. The number of halogens is 1. The van der Waals surface area contributed by atoms with Crippen LogP contribution in [0.4, 0.5) is 5.69 Å². The summed E-state index contributed by atoms with van der Waals surface area (Å²) in [7, 11) is -2.26. The van der Waals surface area contributed by atoms with Crippen molar-refractivity contribution >= 4 is 33.2 Å². The van der Waals surface area contributed by atoms with E-state index in [0.717, 1.165) is 12.8 Å². The monoisotopic (exact) mass is 346 g/mol. The van der Waals surface area contributed by atoms with Gasteiger partial charge in [-0.1, -0.05) is 12.8 Å². The summed E-state index contributed by atoms with van der Waals surface area (Å²) < 4.78 is 32.7. The highest BCUT2D eigenvalue weighted by Gasteiger charge is 2.35. The van der Waals surface area contributed by atoms with Crippen molar-refractivity contribution in [1.29, 1.82) is 0 Å². The van der Waals surface area contributed by atoms with Gasteiger partial charge in [0.25, 0.3) is 0 Å². The number of nitrogens with two attached hydrogens (primary N) is 1. The van der Waals surface area contributed by atoms with Gasteiger partial charge in [0.05, 0.1) is 23.4 Å². The van der Waals surface area contributed by atoms with Crippen molar-refractivity contribution in [3.8, 4) is 5.75 Å². The summed E-state index contributed by atoms with van der Waals surface area (Å²) >= 11 is 6.16. The van der Waals surface area contributed by atoms with Crippen LogP contribution in [0.1, 0.15) is 36.0 Å². The van der Waals surface area contributed by atoms with Gasteiger partial charge in [-0.25, -0.2) is 8.42 Å². The van der Waals surface area contributed by atoms with E-state index in [0.29, 0.717) is 18.6 Å². The van der Waals surface area contributed by atoms with Gasteiger partial charge in [-0.05, 0) is 31.0 Å². The largest absolute Gasteiger partial charge is 0.495 e. The van der Waals surface area contributed by atoms with E-state index in [4.69, 9.17) is 22.1 Å². The highest BCUT2D eigenvalue weighted by Crippen LogP contribution is 2.32. The third kappa shape index (κ3) is 3.64. The van der Waals surface area contributed by atoms with Gasteiger partial charge in [0.2, 0.25) is 15.9 Å². The summed E-state index contributed by atoms with van der Waals surface area (Å²) in [6.07, 6.45) is 2.95. The minimum Gasteiger partial charge on any atom is -0.495 e. The Morgan fingerprint density at radius 3 is 2.64 bits per heavy atom. The third-order valence-electron chi connectivity index (χ3n) is 3.76. The van der Waals surface area contributed by atoms with E-state index in [1.807, 2.05) is 0 Å². The van der Waals surface area contributed by atoms with E-state index in [-0.39, 0.29) is 11.3 Å². The van der Waals surface area contributed by atoms with Crippen LogP contribution < -0.4 is 15.2 Å². The van der Waals surface area contributed by atoms with Crippen LogP contribution in [-0.4, -0.2) is 32.1 Å². The van der Waals surface area contributed by atoms with E-state index in [1.165, 1.54) is 25.3 Å². The van der Waals surface area contributed by atoms with Crippen LogP contribution in [0.5, 0.6) is 5.75 Å². The molecule has 1 aliphatic carbocycles. The minimum absolute atomic E-state index is 0.188. The van der Waals surface area contributed by atoms with E-state index in [1.54, 1.807) is 0 Å². The predicted octanol–water partition coefficient (Wildman–Crippen LogP) is 2.09.